The Morgan fingerprint density at radius 3 is 0.368 bits per heavy atom. The second-order valence-electron chi connectivity index (χ2n) is 3.66. The minimum absolute atomic E-state index is 0. The van der Waals surface area contributed by atoms with E-state index in [-0.39, 0.29) is 98.1 Å². The Morgan fingerprint density at radius 1 is 0.342 bits per heavy atom. The molecule has 0 N–H and O–H groups in total. The molecule has 0 heterocycles. The first-order valence-corrected chi connectivity index (χ1v) is 7.74. The van der Waals surface area contributed by atoms with Gasteiger partial charge < -0.3 is 69.3 Å². The molecule has 0 aromatic heterocycles. The van der Waals surface area contributed by atoms with Crippen molar-refractivity contribution in [1.29, 1.82) is 0 Å². The van der Waals surface area contributed by atoms with Crippen molar-refractivity contribution in [2.75, 3.05) is 0 Å². The molecule has 0 bridgehead atoms. The first kappa shape index (κ1) is 65.1. The number of carbonyl (C=O) groups is 7. The predicted octanol–water partition coefficient (Wildman–Crippen LogP) is -7.93. The van der Waals surface area contributed by atoms with Gasteiger partial charge in [0, 0.05) is 0 Å². The number of carbonyl (C=O) groups excluding carboxylic acids is 7. The van der Waals surface area contributed by atoms with Crippen molar-refractivity contribution in [2.24, 2.45) is 0 Å². The Morgan fingerprint density at radius 2 is 0.368 bits per heavy atom. The Kier molecular flexibility index (Phi) is 102. The van der Waals surface area contributed by atoms with Crippen LogP contribution in [0.3, 0.4) is 0 Å². The second-order valence-corrected chi connectivity index (χ2v) is 3.66. The average molecular weight is 779 g/mol. The zero-order valence-electron chi connectivity index (χ0n) is 19.9. The van der Waals surface area contributed by atoms with Gasteiger partial charge >= 0.3 is 98.1 Å². The molecule has 0 spiro atoms. The van der Waals surface area contributed by atoms with Crippen LogP contribution in [0.15, 0.2) is 88.6 Å². The molecule has 0 aromatic carbocycles. The number of hydrogen-bond donors (Lipinski definition) is 0. The van der Waals surface area contributed by atoms with Crippen molar-refractivity contribution in [3.8, 4) is 0 Å². The molecular weight excluding hydrogens is 758 g/mol. The number of carboxylic acid groups (broad SMARTS) is 7. The molecule has 17 heteroatoms. The molecule has 0 unspecified atom stereocenters. The molecule has 0 fully saturated rings. The largest absolute Gasteiger partial charge is 3.00 e. The molecule has 0 aliphatic rings. The van der Waals surface area contributed by atoms with Crippen LogP contribution < -0.4 is 35.7 Å². The van der Waals surface area contributed by atoms with Gasteiger partial charge in [0.1, 0.15) is 0 Å². The summed E-state index contributed by atoms with van der Waals surface area (Å²) in [4.78, 5) is 64.0. The molecule has 0 aromatic rings. The third kappa shape index (κ3) is 264. The average Bonchev–Trinajstić information content (AvgIpc) is 2.80. The first-order chi connectivity index (χ1) is 15.9. The summed E-state index contributed by atoms with van der Waals surface area (Å²) in [7, 11) is 0. The van der Waals surface area contributed by atoms with Crippen LogP contribution in [0.25, 0.3) is 0 Å². The van der Waals surface area contributed by atoms with Crippen molar-refractivity contribution in [3.05, 3.63) is 88.6 Å². The molecule has 0 saturated carbocycles. The molecule has 38 heavy (non-hydrogen) atoms. The van der Waals surface area contributed by atoms with E-state index in [9.17, 15) is 0 Å². The van der Waals surface area contributed by atoms with Gasteiger partial charge in [-0.25, -0.2) is 0 Å². The third-order valence-electron chi connectivity index (χ3n) is 1.17. The van der Waals surface area contributed by atoms with Crippen molar-refractivity contribution < 1.29 is 122 Å². The number of rotatable bonds is 7. The smallest absolute Gasteiger partial charge is 0.545 e. The van der Waals surface area contributed by atoms with Crippen LogP contribution in [0.2, 0.25) is 0 Å². The summed E-state index contributed by atoms with van der Waals surface area (Å²) in [5, 5.41) is 64.0. The van der Waals surface area contributed by atoms with E-state index in [2.05, 4.69) is 46.1 Å². The molecule has 1 radical (unpaired) electrons. The zero-order chi connectivity index (χ0) is 30.0. The van der Waals surface area contributed by atoms with Crippen molar-refractivity contribution in [1.82, 2.24) is 0 Å². The molecule has 0 atom stereocenters. The van der Waals surface area contributed by atoms with E-state index in [1.807, 2.05) is 0 Å². The van der Waals surface area contributed by atoms with E-state index in [4.69, 9.17) is 69.3 Å². The number of hydrogen-bond acceptors (Lipinski definition) is 14. The fraction of sp³-hybridized carbons (Fsp3) is 0. The van der Waals surface area contributed by atoms with Crippen molar-refractivity contribution in [3.63, 3.8) is 0 Å². The van der Waals surface area contributed by atoms with Crippen LogP contribution in [0, 0.1) is 35.6 Å². The minimum Gasteiger partial charge on any atom is -0.545 e. The Balaban J connectivity index is -0.0000000297. The quantitative estimate of drug-likeness (QED) is 0.172. The van der Waals surface area contributed by atoms with Crippen molar-refractivity contribution >= 4 is 87.3 Å². The molecule has 0 rings (SSSR count). The summed E-state index contributed by atoms with van der Waals surface area (Å²) in [6, 6.07) is 0. The molecule has 0 amide bonds. The van der Waals surface area contributed by atoms with E-state index in [0.29, 0.717) is 0 Å². The summed E-state index contributed by atoms with van der Waals surface area (Å²) in [5.74, 6) is -8.62. The van der Waals surface area contributed by atoms with E-state index < -0.39 is 41.8 Å². The maximum Gasteiger partial charge on any atom is 3.00 e. The molecular formula is C21H21LaMnO14Sr. The summed E-state index contributed by atoms with van der Waals surface area (Å²) < 4.78 is 0. The topological polar surface area (TPSA) is 281 Å². The van der Waals surface area contributed by atoms with Gasteiger partial charge in [0.25, 0.3) is 0 Å². The van der Waals surface area contributed by atoms with Gasteiger partial charge in [-0.2, -0.15) is 0 Å². The number of aliphatic carboxylic acids is 7. The zero-order valence-corrected chi connectivity index (χ0v) is 28.2. The molecule has 14 nitrogen and oxygen atoms in total. The fourth-order valence-corrected chi connectivity index (χ4v) is 0. The van der Waals surface area contributed by atoms with Crippen LogP contribution >= 0.6 is 0 Å². The fourth-order valence-electron chi connectivity index (χ4n) is 0. The SMILES string of the molecule is C=CC(=O)[O-].C=CC(=O)[O-].C=CC(=O)[O-].C=CC(=O)[O-].C=CC(=O)[O-].C=CC(=O)[O-].C=CC(=O)[O-].[La+3].[Mn+2].[Sr+2]. The minimum atomic E-state index is -1.23. The maximum atomic E-state index is 9.14. The Bertz CT molecular complexity index is 588. The second kappa shape index (κ2) is 59.6. The number of carboxylic acids is 7. The molecule has 0 aliphatic heterocycles. The normalized spacial score (nSPS) is 5.89. The van der Waals surface area contributed by atoms with E-state index in [1.54, 1.807) is 0 Å². The molecule has 201 valence electrons. The van der Waals surface area contributed by atoms with Gasteiger partial charge in [-0.1, -0.05) is 46.1 Å². The molecule has 0 saturated heterocycles. The van der Waals surface area contributed by atoms with Crippen LogP contribution in [0.5, 0.6) is 0 Å². The van der Waals surface area contributed by atoms with Gasteiger partial charge in [-0.05, 0) is 42.5 Å². The van der Waals surface area contributed by atoms with Crippen LogP contribution in [-0.4, -0.2) is 87.3 Å². The Hall–Kier alpha value is -2.34. The van der Waals surface area contributed by atoms with Gasteiger partial charge in [0.05, 0.1) is 41.8 Å². The Labute approximate surface area is 294 Å². The van der Waals surface area contributed by atoms with E-state index in [0.717, 1.165) is 42.5 Å². The van der Waals surface area contributed by atoms with Gasteiger partial charge in [0.15, 0.2) is 0 Å². The van der Waals surface area contributed by atoms with Crippen molar-refractivity contribution in [2.45, 2.75) is 0 Å². The third-order valence-corrected chi connectivity index (χ3v) is 1.17. The standard InChI is InChI=1S/7C3H4O2.La.Mn.Sr/c7*1-2-3(4)5;;;/h7*2H,1H2,(H,4,5);;;/q;;;;;;;+3;2*+2/p-7. The maximum absolute atomic E-state index is 9.14. The summed E-state index contributed by atoms with van der Waals surface area (Å²) in [6.45, 7) is 20.3. The van der Waals surface area contributed by atoms with Gasteiger partial charge in [-0.3, -0.25) is 0 Å². The van der Waals surface area contributed by atoms with Crippen LogP contribution in [0.1, 0.15) is 0 Å². The van der Waals surface area contributed by atoms with Crippen LogP contribution in [-0.2, 0) is 50.6 Å². The predicted molar refractivity (Wildman–Crippen MR) is 112 cm³/mol. The van der Waals surface area contributed by atoms with E-state index >= 15 is 0 Å². The van der Waals surface area contributed by atoms with Gasteiger partial charge in [0.2, 0.25) is 0 Å². The summed E-state index contributed by atoms with van der Waals surface area (Å²) in [6.07, 6.45) is 5.06. The summed E-state index contributed by atoms with van der Waals surface area (Å²) in [5.41, 5.74) is 0. The molecule has 0 aliphatic carbocycles. The first-order valence-electron chi connectivity index (χ1n) is 7.74. The van der Waals surface area contributed by atoms with Gasteiger partial charge in [-0.15, -0.1) is 0 Å². The van der Waals surface area contributed by atoms with E-state index in [1.165, 1.54) is 0 Å². The monoisotopic (exact) mass is 779 g/mol. The van der Waals surface area contributed by atoms with Crippen LogP contribution in [0.4, 0.5) is 0 Å². The summed E-state index contributed by atoms with van der Waals surface area (Å²) >= 11 is 0.